The number of pyridine rings is 2. The molecule has 0 aliphatic heterocycles. The first-order valence-corrected chi connectivity index (χ1v) is 20.8. The highest BCUT2D eigenvalue weighted by Crippen LogP contribution is 2.21. The maximum Gasteiger partial charge on any atom is 0.0375 e. The number of rotatable bonds is 2. The number of hydrogen-bond acceptors (Lipinski definition) is 2. The summed E-state index contributed by atoms with van der Waals surface area (Å²) in [6.07, 6.45) is 1.87. The van der Waals surface area contributed by atoms with Gasteiger partial charge in [0.15, 0.2) is 0 Å². The summed E-state index contributed by atoms with van der Waals surface area (Å²) < 4.78 is 0. The normalized spacial score (nSPS) is 9.67. The van der Waals surface area contributed by atoms with Crippen molar-refractivity contribution in [3.8, 4) is 22.3 Å². The molecule has 0 saturated heterocycles. The molecule has 8 rings (SSSR count). The zero-order valence-electron chi connectivity index (χ0n) is 38.2. The fraction of sp³-hybridized carbons (Fsp3) is 0.207. The molecule has 2 aromatic heterocycles. The standard InChI is InChI=1S/2C14H14.2C8H10.2C7H9N/c1-11-3-7-13(8-4-11)14-9-5-12(2)6-10-14;1-11-6-8-13(9-7-11)14-5-3-4-12(2)10-14;1-7-3-5-8(2)6-4-7;1-7-4-3-5-8(2)6-7;1-6-3-4-7(2)8-5-6;1-6-4-3-5-7(2)8-6/h2*3-10H,1-2H3;2*3-6H,1-2H3;2*3-5H,1-2H3. The third kappa shape index (κ3) is 19.9. The highest BCUT2D eigenvalue weighted by Gasteiger charge is 1.97. The highest BCUT2D eigenvalue weighted by atomic mass is 14.7. The molecule has 0 unspecified atom stereocenters. The molecule has 308 valence electrons. The third-order valence-corrected chi connectivity index (χ3v) is 9.32. The summed E-state index contributed by atoms with van der Waals surface area (Å²) >= 11 is 0. The molecule has 2 heteroatoms. The minimum absolute atomic E-state index is 1.08. The zero-order chi connectivity index (χ0) is 43.9. The Morgan fingerprint density at radius 1 is 0.233 bits per heavy atom. The minimum atomic E-state index is 1.08. The van der Waals surface area contributed by atoms with Gasteiger partial charge in [0.25, 0.3) is 0 Å². The molecule has 6 aromatic carbocycles. The molecule has 0 radical (unpaired) electrons. The van der Waals surface area contributed by atoms with E-state index < -0.39 is 0 Å². The van der Waals surface area contributed by atoms with Crippen LogP contribution in [0.15, 0.2) is 182 Å². The van der Waals surface area contributed by atoms with E-state index in [9.17, 15) is 0 Å². The van der Waals surface area contributed by atoms with E-state index in [0.717, 1.165) is 17.1 Å². The fourth-order valence-electron chi connectivity index (χ4n) is 5.73. The maximum absolute atomic E-state index is 4.17. The molecule has 0 N–H and O–H groups in total. The van der Waals surface area contributed by atoms with Crippen LogP contribution in [0.25, 0.3) is 22.3 Å². The molecule has 0 spiro atoms. The molecule has 0 aliphatic carbocycles. The van der Waals surface area contributed by atoms with E-state index in [2.05, 4.69) is 217 Å². The molecule has 0 bridgehead atoms. The molecule has 2 nitrogen and oxygen atoms in total. The smallest absolute Gasteiger partial charge is 0.0375 e. The van der Waals surface area contributed by atoms with Gasteiger partial charge in [0.05, 0.1) is 0 Å². The molecule has 2 heterocycles. The molecule has 0 fully saturated rings. The Balaban J connectivity index is 0.000000196. The highest BCUT2D eigenvalue weighted by molar-refractivity contribution is 5.65. The van der Waals surface area contributed by atoms with Gasteiger partial charge in [-0.2, -0.15) is 0 Å². The third-order valence-electron chi connectivity index (χ3n) is 9.32. The van der Waals surface area contributed by atoms with Crippen molar-refractivity contribution in [3.05, 3.63) is 249 Å². The number of benzene rings is 6. The van der Waals surface area contributed by atoms with E-state index in [1.54, 1.807) is 0 Å². The van der Waals surface area contributed by atoms with Gasteiger partial charge >= 0.3 is 0 Å². The van der Waals surface area contributed by atoms with Crippen molar-refractivity contribution in [2.24, 2.45) is 0 Å². The first kappa shape index (κ1) is 48.0. The Bertz CT molecular complexity index is 2180. The molecule has 0 amide bonds. The second kappa shape index (κ2) is 25.9. The van der Waals surface area contributed by atoms with Gasteiger partial charge in [-0.3, -0.25) is 9.97 Å². The van der Waals surface area contributed by atoms with Crippen molar-refractivity contribution in [2.45, 2.75) is 83.1 Å². The van der Waals surface area contributed by atoms with Crippen molar-refractivity contribution in [3.63, 3.8) is 0 Å². The zero-order valence-corrected chi connectivity index (χ0v) is 38.2. The summed E-state index contributed by atoms with van der Waals surface area (Å²) in [5.41, 5.74) is 20.2. The van der Waals surface area contributed by atoms with Gasteiger partial charge in [-0.05, 0) is 129 Å². The van der Waals surface area contributed by atoms with E-state index in [1.165, 1.54) is 72.3 Å². The molecular formula is C58H66N2. The predicted molar refractivity (Wildman–Crippen MR) is 262 cm³/mol. The van der Waals surface area contributed by atoms with Gasteiger partial charge in [-0.25, -0.2) is 0 Å². The Hall–Kier alpha value is -6.38. The second-order valence-corrected chi connectivity index (χ2v) is 15.7. The lowest BCUT2D eigenvalue weighted by Gasteiger charge is -2.02. The molecule has 8 aromatic rings. The SMILES string of the molecule is Cc1ccc(-c2ccc(C)cc2)cc1.Cc1ccc(-c2cccc(C)c2)cc1.Cc1ccc(C)cc1.Cc1ccc(C)nc1.Cc1cccc(C)c1.Cc1cccc(C)n1. The van der Waals surface area contributed by atoms with E-state index in [-0.39, 0.29) is 0 Å². The van der Waals surface area contributed by atoms with Gasteiger partial charge in [0.2, 0.25) is 0 Å². The van der Waals surface area contributed by atoms with Gasteiger partial charge in [-0.1, -0.05) is 202 Å². The van der Waals surface area contributed by atoms with Crippen LogP contribution >= 0.6 is 0 Å². The van der Waals surface area contributed by atoms with Gasteiger partial charge in [0.1, 0.15) is 0 Å². The Labute approximate surface area is 363 Å². The molecule has 0 aliphatic rings. The average Bonchev–Trinajstić information content (AvgIpc) is 3.22. The Kier molecular flexibility index (Phi) is 20.7. The summed E-state index contributed by atoms with van der Waals surface area (Å²) in [4.78, 5) is 8.25. The molecule has 0 saturated carbocycles. The summed E-state index contributed by atoms with van der Waals surface area (Å²) in [5, 5.41) is 0. The number of hydrogen-bond donors (Lipinski definition) is 0. The van der Waals surface area contributed by atoms with Crippen LogP contribution in [0.3, 0.4) is 0 Å². The summed E-state index contributed by atoms with van der Waals surface area (Å²) in [6, 6.07) is 61.5. The van der Waals surface area contributed by atoms with Gasteiger partial charge in [0, 0.05) is 23.3 Å². The van der Waals surface area contributed by atoms with Crippen LogP contribution in [0.2, 0.25) is 0 Å². The fourth-order valence-corrected chi connectivity index (χ4v) is 5.73. The monoisotopic (exact) mass is 791 g/mol. The number of nitrogens with zero attached hydrogens (tertiary/aromatic N) is 2. The van der Waals surface area contributed by atoms with Crippen LogP contribution in [0, 0.1) is 83.1 Å². The number of aromatic nitrogens is 2. The van der Waals surface area contributed by atoms with Crippen LogP contribution < -0.4 is 0 Å². The molecule has 0 atom stereocenters. The maximum atomic E-state index is 4.17. The summed E-state index contributed by atoms with van der Waals surface area (Å²) in [7, 11) is 0. The quantitative estimate of drug-likeness (QED) is 0.174. The Morgan fingerprint density at radius 3 is 0.833 bits per heavy atom. The van der Waals surface area contributed by atoms with Crippen molar-refractivity contribution < 1.29 is 0 Å². The summed E-state index contributed by atoms with van der Waals surface area (Å²) in [5.74, 6) is 0. The molecule has 60 heavy (non-hydrogen) atoms. The first-order chi connectivity index (χ1) is 28.7. The van der Waals surface area contributed by atoms with Crippen molar-refractivity contribution in [2.75, 3.05) is 0 Å². The minimum Gasteiger partial charge on any atom is -0.261 e. The lowest BCUT2D eigenvalue weighted by atomic mass is 10.0. The lowest BCUT2D eigenvalue weighted by molar-refractivity contribution is 1.12. The number of aryl methyl sites for hydroxylation is 12. The predicted octanol–water partition coefficient (Wildman–Crippen LogP) is 15.9. The van der Waals surface area contributed by atoms with Gasteiger partial charge in [-0.15, -0.1) is 0 Å². The summed E-state index contributed by atoms with van der Waals surface area (Å²) in [6.45, 7) is 24.9. The van der Waals surface area contributed by atoms with Crippen LogP contribution in [-0.4, -0.2) is 9.97 Å². The van der Waals surface area contributed by atoms with E-state index in [0.29, 0.717) is 0 Å². The first-order valence-electron chi connectivity index (χ1n) is 20.8. The van der Waals surface area contributed by atoms with Crippen LogP contribution in [-0.2, 0) is 0 Å². The van der Waals surface area contributed by atoms with Crippen molar-refractivity contribution >= 4 is 0 Å². The lowest BCUT2D eigenvalue weighted by Crippen LogP contribution is -1.81. The van der Waals surface area contributed by atoms with Crippen molar-refractivity contribution in [1.82, 2.24) is 9.97 Å². The van der Waals surface area contributed by atoms with Crippen LogP contribution in [0.4, 0.5) is 0 Å². The van der Waals surface area contributed by atoms with E-state index in [4.69, 9.17) is 0 Å². The van der Waals surface area contributed by atoms with Gasteiger partial charge < -0.3 is 0 Å². The van der Waals surface area contributed by atoms with E-state index >= 15 is 0 Å². The van der Waals surface area contributed by atoms with Crippen LogP contribution in [0.1, 0.15) is 67.2 Å². The molecular weight excluding hydrogens is 725 g/mol. The van der Waals surface area contributed by atoms with E-state index in [1.807, 2.05) is 58.2 Å². The van der Waals surface area contributed by atoms with Crippen LogP contribution in [0.5, 0.6) is 0 Å². The Morgan fingerprint density at radius 2 is 0.550 bits per heavy atom. The topological polar surface area (TPSA) is 25.8 Å². The average molecular weight is 791 g/mol. The largest absolute Gasteiger partial charge is 0.261 e. The van der Waals surface area contributed by atoms with Crippen molar-refractivity contribution in [1.29, 1.82) is 0 Å². The second-order valence-electron chi connectivity index (χ2n) is 15.7.